The van der Waals surface area contributed by atoms with Crippen molar-refractivity contribution in [2.24, 2.45) is 0 Å². The molecule has 1 atom stereocenters. The third-order valence-electron chi connectivity index (χ3n) is 2.93. The second kappa shape index (κ2) is 8.43. The summed E-state index contributed by atoms with van der Waals surface area (Å²) < 4.78 is 11.1. The van der Waals surface area contributed by atoms with Crippen LogP contribution in [-0.2, 0) is 11.3 Å². The minimum Gasteiger partial charge on any atom is -0.493 e. The molecule has 0 aliphatic rings. The Kier molecular flexibility index (Phi) is 6.87. The summed E-state index contributed by atoms with van der Waals surface area (Å²) in [5.74, 6) is 1.09. The van der Waals surface area contributed by atoms with Crippen molar-refractivity contribution in [2.45, 2.75) is 32.9 Å². The highest BCUT2D eigenvalue weighted by Crippen LogP contribution is 2.32. The molecule has 0 saturated heterocycles. The third-order valence-corrected chi connectivity index (χ3v) is 2.93. The van der Waals surface area contributed by atoms with E-state index in [1.807, 2.05) is 18.2 Å². The number of hydrogen-bond donors (Lipinski definition) is 2. The predicted octanol–water partition coefficient (Wildman–Crippen LogP) is 1.71. The van der Waals surface area contributed by atoms with Crippen molar-refractivity contribution in [3.05, 3.63) is 23.8 Å². The van der Waals surface area contributed by atoms with Crippen LogP contribution in [0.25, 0.3) is 0 Å². The van der Waals surface area contributed by atoms with Crippen LogP contribution in [0.2, 0.25) is 0 Å². The number of methoxy groups -OCH3 is 1. The molecule has 1 aromatic rings. The molecule has 1 aromatic carbocycles. The molecule has 0 aliphatic carbocycles. The number of hydrogen-bond acceptors (Lipinski definition) is 4. The second-order valence-corrected chi connectivity index (χ2v) is 4.50. The molecular formula is C15H24N2O3. The summed E-state index contributed by atoms with van der Waals surface area (Å²) in [5.41, 5.74) is 0.980. The Labute approximate surface area is 120 Å². The van der Waals surface area contributed by atoms with Crippen LogP contribution < -0.4 is 20.1 Å². The molecule has 5 nitrogen and oxygen atoms in total. The summed E-state index contributed by atoms with van der Waals surface area (Å²) in [7, 11) is 3.18. The van der Waals surface area contributed by atoms with Gasteiger partial charge in [-0.1, -0.05) is 19.1 Å². The topological polar surface area (TPSA) is 59.6 Å². The summed E-state index contributed by atoms with van der Waals surface area (Å²) in [5, 5.41) is 5.90. The first kappa shape index (κ1) is 16.3. The Hall–Kier alpha value is -1.75. The van der Waals surface area contributed by atoms with Crippen molar-refractivity contribution in [1.82, 2.24) is 10.6 Å². The van der Waals surface area contributed by atoms with Gasteiger partial charge in [0.25, 0.3) is 5.91 Å². The van der Waals surface area contributed by atoms with Gasteiger partial charge < -0.3 is 20.1 Å². The minimum atomic E-state index is -0.568. The molecule has 20 heavy (non-hydrogen) atoms. The lowest BCUT2D eigenvalue weighted by atomic mass is 10.1. The molecule has 0 aromatic heterocycles. The number of benzene rings is 1. The van der Waals surface area contributed by atoms with Gasteiger partial charge in [0.15, 0.2) is 17.6 Å². The van der Waals surface area contributed by atoms with Gasteiger partial charge in [0, 0.05) is 19.2 Å². The van der Waals surface area contributed by atoms with Crippen molar-refractivity contribution >= 4 is 5.91 Å². The van der Waals surface area contributed by atoms with Crippen molar-refractivity contribution in [3.63, 3.8) is 0 Å². The van der Waals surface area contributed by atoms with Crippen LogP contribution in [0.4, 0.5) is 0 Å². The molecule has 1 amide bonds. The normalized spacial score (nSPS) is 11.8. The quantitative estimate of drug-likeness (QED) is 0.712. The van der Waals surface area contributed by atoms with E-state index in [0.717, 1.165) is 18.5 Å². The maximum Gasteiger partial charge on any atom is 0.260 e. The van der Waals surface area contributed by atoms with Crippen LogP contribution in [0.1, 0.15) is 25.8 Å². The Morgan fingerprint density at radius 1 is 1.40 bits per heavy atom. The number of nitrogens with one attached hydrogen (secondary N) is 2. The van der Waals surface area contributed by atoms with Gasteiger partial charge in [-0.05, 0) is 26.0 Å². The molecule has 5 heteroatoms. The zero-order valence-electron chi connectivity index (χ0n) is 12.7. The van der Waals surface area contributed by atoms with E-state index in [4.69, 9.17) is 9.47 Å². The number of carbonyl (C=O) groups excluding carboxylic acids is 1. The van der Waals surface area contributed by atoms with Gasteiger partial charge in [-0.2, -0.15) is 0 Å². The van der Waals surface area contributed by atoms with Gasteiger partial charge in [0.1, 0.15) is 0 Å². The van der Waals surface area contributed by atoms with Gasteiger partial charge in [0.05, 0.1) is 7.11 Å². The van der Waals surface area contributed by atoms with Crippen LogP contribution in [0.15, 0.2) is 18.2 Å². The third kappa shape index (κ3) is 4.42. The van der Waals surface area contributed by atoms with Crippen LogP contribution in [-0.4, -0.2) is 32.7 Å². The van der Waals surface area contributed by atoms with E-state index in [2.05, 4.69) is 17.6 Å². The van der Waals surface area contributed by atoms with Gasteiger partial charge in [-0.15, -0.1) is 0 Å². The first-order valence-corrected chi connectivity index (χ1v) is 6.88. The lowest BCUT2D eigenvalue weighted by Gasteiger charge is -2.19. The average Bonchev–Trinajstić information content (AvgIpc) is 2.47. The molecule has 112 valence electrons. The average molecular weight is 280 g/mol. The maximum absolute atomic E-state index is 11.6. The zero-order valence-corrected chi connectivity index (χ0v) is 12.7. The fourth-order valence-electron chi connectivity index (χ4n) is 1.83. The van der Waals surface area contributed by atoms with Crippen molar-refractivity contribution < 1.29 is 14.3 Å². The summed E-state index contributed by atoms with van der Waals surface area (Å²) >= 11 is 0. The van der Waals surface area contributed by atoms with E-state index < -0.39 is 6.10 Å². The number of carbonyl (C=O) groups is 1. The van der Waals surface area contributed by atoms with Crippen LogP contribution >= 0.6 is 0 Å². The summed E-state index contributed by atoms with van der Waals surface area (Å²) in [6.45, 7) is 5.45. The van der Waals surface area contributed by atoms with Crippen molar-refractivity contribution in [1.29, 1.82) is 0 Å². The number of ether oxygens (including phenoxy) is 2. The van der Waals surface area contributed by atoms with Crippen molar-refractivity contribution in [2.75, 3.05) is 20.7 Å². The lowest BCUT2D eigenvalue weighted by molar-refractivity contribution is -0.126. The zero-order chi connectivity index (χ0) is 15.0. The highest BCUT2D eigenvalue weighted by atomic mass is 16.5. The number of rotatable bonds is 8. The molecule has 2 N–H and O–H groups in total. The predicted molar refractivity (Wildman–Crippen MR) is 79.1 cm³/mol. The molecule has 0 bridgehead atoms. The van der Waals surface area contributed by atoms with E-state index in [9.17, 15) is 4.79 Å². The summed E-state index contributed by atoms with van der Waals surface area (Å²) in [4.78, 5) is 11.6. The van der Waals surface area contributed by atoms with Crippen LogP contribution in [0.3, 0.4) is 0 Å². The number of para-hydroxylation sites is 1. The highest BCUT2D eigenvalue weighted by Gasteiger charge is 2.18. The molecule has 0 radical (unpaired) electrons. The summed E-state index contributed by atoms with van der Waals surface area (Å²) in [6, 6.07) is 5.71. The molecular weight excluding hydrogens is 256 g/mol. The Morgan fingerprint density at radius 2 is 2.15 bits per heavy atom. The number of amides is 1. The van der Waals surface area contributed by atoms with E-state index in [-0.39, 0.29) is 5.91 Å². The SMILES string of the molecule is CCCNCc1cccc(OC)c1OC(C)C(=O)NC. The van der Waals surface area contributed by atoms with Gasteiger partial charge in [-0.25, -0.2) is 0 Å². The molecule has 1 rings (SSSR count). The van der Waals surface area contributed by atoms with Crippen LogP contribution in [0, 0.1) is 0 Å². The highest BCUT2D eigenvalue weighted by molar-refractivity contribution is 5.80. The fourth-order valence-corrected chi connectivity index (χ4v) is 1.83. The second-order valence-electron chi connectivity index (χ2n) is 4.50. The first-order chi connectivity index (χ1) is 9.63. The van der Waals surface area contributed by atoms with E-state index in [1.165, 1.54) is 0 Å². The minimum absolute atomic E-state index is 0.164. The van der Waals surface area contributed by atoms with E-state index >= 15 is 0 Å². The molecule has 0 fully saturated rings. The van der Waals surface area contributed by atoms with Gasteiger partial charge >= 0.3 is 0 Å². The Balaban J connectivity index is 2.91. The molecule has 0 aliphatic heterocycles. The Morgan fingerprint density at radius 3 is 2.75 bits per heavy atom. The van der Waals surface area contributed by atoms with E-state index in [1.54, 1.807) is 21.1 Å². The monoisotopic (exact) mass is 280 g/mol. The van der Waals surface area contributed by atoms with Crippen molar-refractivity contribution in [3.8, 4) is 11.5 Å². The Bertz CT molecular complexity index is 435. The lowest BCUT2D eigenvalue weighted by Crippen LogP contribution is -2.34. The maximum atomic E-state index is 11.6. The molecule has 1 unspecified atom stereocenters. The van der Waals surface area contributed by atoms with Crippen LogP contribution in [0.5, 0.6) is 11.5 Å². The standard InChI is InChI=1S/C15H24N2O3/c1-5-9-17-10-12-7-6-8-13(19-4)14(12)20-11(2)15(18)16-3/h6-8,11,17H,5,9-10H2,1-4H3,(H,16,18). The molecule has 0 spiro atoms. The smallest absolute Gasteiger partial charge is 0.260 e. The largest absolute Gasteiger partial charge is 0.493 e. The first-order valence-electron chi connectivity index (χ1n) is 6.88. The van der Waals surface area contributed by atoms with E-state index in [0.29, 0.717) is 18.0 Å². The van der Waals surface area contributed by atoms with Gasteiger partial charge in [-0.3, -0.25) is 4.79 Å². The summed E-state index contributed by atoms with van der Waals surface area (Å²) in [6.07, 6.45) is 0.496. The molecule has 0 saturated carbocycles. The molecule has 0 heterocycles. The fraction of sp³-hybridized carbons (Fsp3) is 0.533. The van der Waals surface area contributed by atoms with Gasteiger partial charge in [0.2, 0.25) is 0 Å². The number of likely N-dealkylation sites (N-methyl/N-ethyl adjacent to an activating group) is 1.